The Morgan fingerprint density at radius 2 is 2.17 bits per heavy atom. The van der Waals surface area contributed by atoms with Crippen LogP contribution in [0.15, 0.2) is 18.2 Å². The number of carboxylic acid groups (broad SMARTS) is 1. The average Bonchev–Trinajstić information content (AvgIpc) is 2.74. The molecule has 94 valence electrons. The first-order valence-corrected chi connectivity index (χ1v) is 6.94. The maximum absolute atomic E-state index is 10.5. The molecule has 0 atom stereocenters. The van der Waals surface area contributed by atoms with Crippen molar-refractivity contribution in [3.63, 3.8) is 0 Å². The number of hydrogen-bond donors (Lipinski definition) is 1. The highest BCUT2D eigenvalue weighted by Gasteiger charge is 2.16. The van der Waals surface area contributed by atoms with Gasteiger partial charge in [0.25, 0.3) is 0 Å². The summed E-state index contributed by atoms with van der Waals surface area (Å²) in [5.74, 6) is -0.293. The Hall–Kier alpha value is -1.55. The number of rotatable bonds is 3. The van der Waals surface area contributed by atoms with Crippen LogP contribution in [0.2, 0.25) is 0 Å². The fourth-order valence-electron chi connectivity index (χ4n) is 2.48. The van der Waals surface area contributed by atoms with Crippen LogP contribution in [0, 0.1) is 0 Å². The highest BCUT2D eigenvalue weighted by Crippen LogP contribution is 2.37. The minimum absolute atomic E-state index is 0.280. The molecule has 3 rings (SSSR count). The Labute approximate surface area is 109 Å². The number of hydrogen-bond acceptors (Lipinski definition) is 3. The fraction of sp³-hybridized carbons (Fsp3) is 0.357. The molecular formula is C14H14O3S. The Balaban J connectivity index is 1.97. The van der Waals surface area contributed by atoms with Crippen LogP contribution in [0.4, 0.5) is 0 Å². The molecule has 0 radical (unpaired) electrons. The van der Waals surface area contributed by atoms with Crippen LogP contribution in [0.25, 0.3) is 10.1 Å². The minimum atomic E-state index is -0.942. The molecule has 1 N–H and O–H groups in total. The summed E-state index contributed by atoms with van der Waals surface area (Å²) in [5.41, 5.74) is 1.45. The van der Waals surface area contributed by atoms with E-state index >= 15 is 0 Å². The summed E-state index contributed by atoms with van der Waals surface area (Å²) in [5, 5.41) is 9.86. The average molecular weight is 262 g/mol. The molecule has 1 aromatic heterocycles. The molecule has 1 aliphatic rings. The molecule has 2 aromatic rings. The molecule has 0 fully saturated rings. The Morgan fingerprint density at radius 1 is 1.33 bits per heavy atom. The molecule has 3 nitrogen and oxygen atoms in total. The molecule has 1 aliphatic carbocycles. The van der Waals surface area contributed by atoms with Gasteiger partial charge in [0, 0.05) is 9.58 Å². The van der Waals surface area contributed by atoms with E-state index in [4.69, 9.17) is 9.84 Å². The molecular weight excluding hydrogens is 248 g/mol. The molecule has 4 heteroatoms. The van der Waals surface area contributed by atoms with Crippen LogP contribution in [0.3, 0.4) is 0 Å². The van der Waals surface area contributed by atoms with Gasteiger partial charge in [0.2, 0.25) is 0 Å². The van der Waals surface area contributed by atoms with Gasteiger partial charge in [-0.3, -0.25) is 0 Å². The van der Waals surface area contributed by atoms with Crippen LogP contribution in [-0.2, 0) is 17.6 Å². The highest BCUT2D eigenvalue weighted by atomic mass is 32.1. The molecule has 1 heterocycles. The van der Waals surface area contributed by atoms with E-state index in [1.807, 2.05) is 29.5 Å². The quantitative estimate of drug-likeness (QED) is 0.923. The number of benzene rings is 1. The summed E-state index contributed by atoms with van der Waals surface area (Å²) < 4.78 is 6.52. The van der Waals surface area contributed by atoms with Crippen molar-refractivity contribution in [1.29, 1.82) is 0 Å². The van der Waals surface area contributed by atoms with Crippen molar-refractivity contribution in [1.82, 2.24) is 0 Å². The molecule has 0 aliphatic heterocycles. The lowest BCUT2D eigenvalue weighted by Crippen LogP contribution is -2.09. The van der Waals surface area contributed by atoms with Crippen LogP contribution in [0.1, 0.15) is 23.3 Å². The van der Waals surface area contributed by atoms with Crippen molar-refractivity contribution < 1.29 is 14.6 Å². The van der Waals surface area contributed by atoms with Crippen LogP contribution in [-0.4, -0.2) is 17.7 Å². The van der Waals surface area contributed by atoms with Gasteiger partial charge in [-0.1, -0.05) is 0 Å². The van der Waals surface area contributed by atoms with Gasteiger partial charge in [-0.15, -0.1) is 11.3 Å². The number of fused-ring (bicyclic) bond motifs is 3. The lowest BCUT2D eigenvalue weighted by atomic mass is 9.96. The highest BCUT2D eigenvalue weighted by molar-refractivity contribution is 7.19. The zero-order valence-corrected chi connectivity index (χ0v) is 10.8. The number of carboxylic acids is 1. The van der Waals surface area contributed by atoms with E-state index in [9.17, 15) is 4.79 Å². The first kappa shape index (κ1) is 11.5. The molecule has 0 saturated heterocycles. The summed E-state index contributed by atoms with van der Waals surface area (Å²) in [6.45, 7) is -0.280. The van der Waals surface area contributed by atoms with Crippen molar-refractivity contribution in [2.45, 2.75) is 25.7 Å². The molecule has 0 unspecified atom stereocenters. The first-order chi connectivity index (χ1) is 8.74. The van der Waals surface area contributed by atoms with Gasteiger partial charge >= 0.3 is 5.97 Å². The number of thiophene rings is 1. The van der Waals surface area contributed by atoms with Crippen molar-refractivity contribution in [2.75, 3.05) is 6.61 Å². The van der Waals surface area contributed by atoms with Gasteiger partial charge in [-0.25, -0.2) is 4.79 Å². The van der Waals surface area contributed by atoms with Gasteiger partial charge < -0.3 is 9.84 Å². The third kappa shape index (κ3) is 2.08. The predicted molar refractivity (Wildman–Crippen MR) is 71.6 cm³/mol. The molecule has 0 bridgehead atoms. The lowest BCUT2D eigenvalue weighted by molar-refractivity contribution is -0.139. The third-order valence-electron chi connectivity index (χ3n) is 3.29. The summed E-state index contributed by atoms with van der Waals surface area (Å²) >= 11 is 1.86. The summed E-state index contributed by atoms with van der Waals surface area (Å²) in [7, 11) is 0. The second kappa shape index (κ2) is 4.61. The molecule has 0 spiro atoms. The van der Waals surface area contributed by atoms with Crippen molar-refractivity contribution >= 4 is 27.4 Å². The Morgan fingerprint density at radius 3 is 3.00 bits per heavy atom. The normalized spacial score (nSPS) is 14.4. The maximum Gasteiger partial charge on any atom is 0.341 e. The number of aryl methyl sites for hydroxylation is 2. The van der Waals surface area contributed by atoms with Crippen LogP contribution in [0.5, 0.6) is 5.75 Å². The van der Waals surface area contributed by atoms with Crippen molar-refractivity contribution in [2.24, 2.45) is 0 Å². The smallest absolute Gasteiger partial charge is 0.341 e. The van der Waals surface area contributed by atoms with E-state index in [0.29, 0.717) is 5.75 Å². The Kier molecular flexibility index (Phi) is 2.96. The van der Waals surface area contributed by atoms with Crippen LogP contribution >= 0.6 is 11.3 Å². The zero-order valence-electron chi connectivity index (χ0n) is 9.94. The predicted octanol–water partition coefficient (Wildman–Crippen LogP) is 3.24. The molecule has 0 saturated carbocycles. The first-order valence-electron chi connectivity index (χ1n) is 6.13. The van der Waals surface area contributed by atoms with Crippen LogP contribution < -0.4 is 4.74 Å². The zero-order chi connectivity index (χ0) is 12.5. The number of carbonyl (C=O) groups is 1. The number of aliphatic carboxylic acids is 1. The van der Waals surface area contributed by atoms with E-state index in [1.165, 1.54) is 39.8 Å². The standard InChI is InChI=1S/C14H14O3S/c15-14(16)8-17-9-5-6-13-11(7-9)10-3-1-2-4-12(10)18-13/h5-7H,1-4,8H2,(H,15,16). The van der Waals surface area contributed by atoms with Gasteiger partial charge in [-0.05, 0) is 54.8 Å². The van der Waals surface area contributed by atoms with Gasteiger partial charge in [-0.2, -0.15) is 0 Å². The summed E-state index contributed by atoms with van der Waals surface area (Å²) in [6, 6.07) is 5.88. The third-order valence-corrected chi connectivity index (χ3v) is 4.56. The topological polar surface area (TPSA) is 46.5 Å². The van der Waals surface area contributed by atoms with E-state index < -0.39 is 5.97 Å². The molecule has 18 heavy (non-hydrogen) atoms. The maximum atomic E-state index is 10.5. The van der Waals surface area contributed by atoms with Gasteiger partial charge in [0.1, 0.15) is 5.75 Å². The van der Waals surface area contributed by atoms with Gasteiger partial charge in [0.05, 0.1) is 0 Å². The van der Waals surface area contributed by atoms with E-state index in [0.717, 1.165) is 6.42 Å². The second-order valence-electron chi connectivity index (χ2n) is 4.55. The lowest BCUT2D eigenvalue weighted by Gasteiger charge is -2.10. The fourth-order valence-corrected chi connectivity index (χ4v) is 3.75. The minimum Gasteiger partial charge on any atom is -0.482 e. The van der Waals surface area contributed by atoms with E-state index in [1.54, 1.807) is 0 Å². The molecule has 1 aromatic carbocycles. The van der Waals surface area contributed by atoms with Crippen molar-refractivity contribution in [3.05, 3.63) is 28.6 Å². The summed E-state index contributed by atoms with van der Waals surface area (Å²) in [6.07, 6.45) is 4.85. The van der Waals surface area contributed by atoms with Gasteiger partial charge in [0.15, 0.2) is 6.61 Å². The van der Waals surface area contributed by atoms with Crippen molar-refractivity contribution in [3.8, 4) is 5.75 Å². The molecule has 0 amide bonds. The monoisotopic (exact) mass is 262 g/mol. The Bertz CT molecular complexity index is 600. The second-order valence-corrected chi connectivity index (χ2v) is 5.69. The largest absolute Gasteiger partial charge is 0.482 e. The van der Waals surface area contributed by atoms with E-state index in [-0.39, 0.29) is 6.61 Å². The number of ether oxygens (including phenoxy) is 1. The SMILES string of the molecule is O=C(O)COc1ccc2sc3c(c2c1)CCCC3. The van der Waals surface area contributed by atoms with E-state index in [2.05, 4.69) is 0 Å². The summed E-state index contributed by atoms with van der Waals surface area (Å²) in [4.78, 5) is 12.0.